The van der Waals surface area contributed by atoms with Crippen molar-refractivity contribution in [3.8, 4) is 17.1 Å². The van der Waals surface area contributed by atoms with E-state index in [9.17, 15) is 0 Å². The molecule has 0 N–H and O–H groups in total. The molecular weight excluding hydrogens is 871 g/mol. The number of rotatable bonds is 12. The van der Waals surface area contributed by atoms with E-state index in [0.717, 1.165) is 136 Å². The zero-order valence-electron chi connectivity index (χ0n) is 41.5. The van der Waals surface area contributed by atoms with Crippen LogP contribution in [0.1, 0.15) is 82.6 Å². The van der Waals surface area contributed by atoms with Crippen LogP contribution in [0.25, 0.3) is 82.9 Å². The van der Waals surface area contributed by atoms with E-state index in [2.05, 4.69) is 208 Å². The van der Waals surface area contributed by atoms with Gasteiger partial charge in [-0.3, -0.25) is 13.7 Å². The summed E-state index contributed by atoms with van der Waals surface area (Å²) < 4.78 is 6.90. The Labute approximate surface area is 413 Å². The van der Waals surface area contributed by atoms with Gasteiger partial charge >= 0.3 is 0 Å². The highest BCUT2D eigenvalue weighted by Crippen LogP contribution is 2.46. The molecule has 6 heterocycles. The molecule has 6 aromatic carbocycles. The number of fused-ring (bicyclic) bond motifs is 9. The zero-order valence-corrected chi connectivity index (χ0v) is 41.5. The van der Waals surface area contributed by atoms with Gasteiger partial charge < -0.3 is 0 Å². The molecule has 9 heteroatoms. The van der Waals surface area contributed by atoms with Crippen molar-refractivity contribution in [2.24, 2.45) is 17.8 Å². The average molecular weight is 928 g/mol. The van der Waals surface area contributed by atoms with E-state index >= 15 is 0 Å². The average Bonchev–Trinajstić information content (AvgIpc) is 4.00. The summed E-state index contributed by atoms with van der Waals surface area (Å²) in [5.41, 5.74) is 11.9. The first-order chi connectivity index (χ1) is 34.5. The quantitative estimate of drug-likeness (QED) is 0.113. The molecule has 6 aromatic heterocycles. The molecule has 0 spiro atoms. The van der Waals surface area contributed by atoms with Gasteiger partial charge in [-0.2, -0.15) is 0 Å². The Balaban J connectivity index is 1.14. The molecular formula is C62H57N9. The maximum atomic E-state index is 5.29. The van der Waals surface area contributed by atoms with Gasteiger partial charge in [0.15, 0.2) is 0 Å². The topological polar surface area (TPSA) is 92.1 Å². The lowest BCUT2D eigenvalue weighted by atomic mass is 9.70. The number of benzene rings is 6. The van der Waals surface area contributed by atoms with Gasteiger partial charge in [-0.25, -0.2) is 29.9 Å². The van der Waals surface area contributed by atoms with Crippen molar-refractivity contribution in [3.05, 3.63) is 198 Å². The molecule has 9 nitrogen and oxygen atoms in total. The summed E-state index contributed by atoms with van der Waals surface area (Å²) in [5.74, 6) is 3.83. The molecule has 71 heavy (non-hydrogen) atoms. The van der Waals surface area contributed by atoms with Crippen molar-refractivity contribution in [1.29, 1.82) is 0 Å². The van der Waals surface area contributed by atoms with E-state index in [-0.39, 0.29) is 0 Å². The van der Waals surface area contributed by atoms with E-state index in [1.807, 2.05) is 18.6 Å². The molecule has 0 unspecified atom stereocenters. The summed E-state index contributed by atoms with van der Waals surface area (Å²) in [6.07, 6.45) is 8.53. The normalized spacial score (nSPS) is 12.4. The highest BCUT2D eigenvalue weighted by Gasteiger charge is 2.34. The van der Waals surface area contributed by atoms with Crippen molar-refractivity contribution in [2.45, 2.75) is 73.1 Å². The molecule has 0 amide bonds. The number of nitrogens with zero attached hydrogens (tertiary/aromatic N) is 9. The maximum Gasteiger partial charge on any atom is 0.149 e. The molecule has 0 aliphatic heterocycles. The second kappa shape index (κ2) is 17.4. The van der Waals surface area contributed by atoms with Crippen LogP contribution in [0.4, 0.5) is 0 Å². The summed E-state index contributed by atoms with van der Waals surface area (Å²) in [6, 6.07) is 52.7. The van der Waals surface area contributed by atoms with Gasteiger partial charge in [0.2, 0.25) is 0 Å². The largest absolute Gasteiger partial charge is 0.294 e. The Hall–Kier alpha value is -8.04. The minimum atomic E-state index is -0.685. The zero-order chi connectivity index (χ0) is 48.5. The van der Waals surface area contributed by atoms with Crippen LogP contribution in [-0.4, -0.2) is 43.6 Å². The fourth-order valence-electron chi connectivity index (χ4n) is 10.8. The Kier molecular flexibility index (Phi) is 10.8. The second-order valence-corrected chi connectivity index (χ2v) is 20.7. The molecule has 0 saturated carbocycles. The monoisotopic (exact) mass is 927 g/mol. The fourth-order valence-corrected chi connectivity index (χ4v) is 10.8. The van der Waals surface area contributed by atoms with Crippen molar-refractivity contribution < 1.29 is 0 Å². The van der Waals surface area contributed by atoms with Crippen LogP contribution in [0.3, 0.4) is 0 Å². The third kappa shape index (κ3) is 7.53. The first-order valence-corrected chi connectivity index (χ1v) is 25.1. The lowest BCUT2D eigenvalue weighted by Crippen LogP contribution is -2.25. The van der Waals surface area contributed by atoms with Crippen LogP contribution >= 0.6 is 0 Å². The van der Waals surface area contributed by atoms with Gasteiger partial charge in [-0.15, -0.1) is 0 Å². The molecule has 0 bridgehead atoms. The lowest BCUT2D eigenvalue weighted by molar-refractivity contribution is 0.622. The number of hydrogen-bond donors (Lipinski definition) is 0. The predicted octanol–water partition coefficient (Wildman–Crippen LogP) is 14.3. The summed E-state index contributed by atoms with van der Waals surface area (Å²) in [6.45, 7) is 15.7. The van der Waals surface area contributed by atoms with E-state index in [1.165, 1.54) is 0 Å². The Morgan fingerprint density at radius 3 is 0.915 bits per heavy atom. The number of hydrogen-bond acceptors (Lipinski definition) is 6. The van der Waals surface area contributed by atoms with E-state index in [1.54, 1.807) is 0 Å². The van der Waals surface area contributed by atoms with Gasteiger partial charge in [0.05, 0.1) is 16.6 Å². The summed E-state index contributed by atoms with van der Waals surface area (Å²) in [4.78, 5) is 30.8. The second-order valence-electron chi connectivity index (χ2n) is 20.7. The van der Waals surface area contributed by atoms with E-state index in [0.29, 0.717) is 17.8 Å². The van der Waals surface area contributed by atoms with Crippen LogP contribution in [0.15, 0.2) is 164 Å². The minimum Gasteiger partial charge on any atom is -0.294 e. The summed E-state index contributed by atoms with van der Waals surface area (Å²) in [5, 5.41) is 6.36. The Bertz CT molecular complexity index is 3550. The first-order valence-electron chi connectivity index (χ1n) is 25.1. The maximum absolute atomic E-state index is 5.29. The van der Waals surface area contributed by atoms with Crippen molar-refractivity contribution >= 4 is 65.8 Å². The van der Waals surface area contributed by atoms with E-state index < -0.39 is 5.41 Å². The number of aromatic nitrogens is 9. The highest BCUT2D eigenvalue weighted by molar-refractivity contribution is 6.10. The van der Waals surface area contributed by atoms with Crippen LogP contribution in [0, 0.1) is 17.8 Å². The van der Waals surface area contributed by atoms with E-state index in [4.69, 9.17) is 29.9 Å². The molecule has 0 radical (unpaired) electrons. The third-order valence-electron chi connectivity index (χ3n) is 14.2. The van der Waals surface area contributed by atoms with Crippen LogP contribution in [0.5, 0.6) is 0 Å². The molecule has 0 aliphatic carbocycles. The standard InChI is InChI=1S/C62H57N9/c1-38(2)29-56-63-35-50-47-32-41(23-26-53(47)69(59(50)66-56)44-17-11-8-12-18-44)62(7,42-24-27-54-48(33-42)51-36-64-57(30-39(3)4)67-60(51)70(54)45-19-13-9-14-20-45)43-25-28-55-49(34-43)52-37-65-58(31-40(5)6)68-61(52)71(55)46-21-15-10-16-22-46/h8-28,32-40H,29-31H2,1-7H3. The summed E-state index contributed by atoms with van der Waals surface area (Å²) >= 11 is 0. The van der Waals surface area contributed by atoms with Gasteiger partial charge in [0, 0.05) is 92.6 Å². The predicted molar refractivity (Wildman–Crippen MR) is 290 cm³/mol. The Morgan fingerprint density at radius 1 is 0.366 bits per heavy atom. The molecule has 12 aromatic rings. The van der Waals surface area contributed by atoms with Gasteiger partial charge in [-0.05, 0) is 114 Å². The summed E-state index contributed by atoms with van der Waals surface area (Å²) in [7, 11) is 0. The van der Waals surface area contributed by atoms with Crippen molar-refractivity contribution in [2.75, 3.05) is 0 Å². The Morgan fingerprint density at radius 2 is 0.648 bits per heavy atom. The molecule has 350 valence electrons. The molecule has 12 rings (SSSR count). The highest BCUT2D eigenvalue weighted by atomic mass is 15.1. The number of para-hydroxylation sites is 3. The SMILES string of the molecule is CC(C)Cc1ncc2c3cc(C(C)(c4ccc5c(c4)c4cnc(CC(C)C)nc4n5-c4ccccc4)c4ccc5c(c4)c4cnc(CC(C)C)nc4n5-c4ccccc4)ccc3n(-c3ccccc3)c2n1. The smallest absolute Gasteiger partial charge is 0.149 e. The molecule has 0 aliphatic rings. The molecule has 0 saturated heterocycles. The fraction of sp³-hybridized carbons (Fsp3) is 0.226. The van der Waals surface area contributed by atoms with Crippen molar-refractivity contribution in [1.82, 2.24) is 43.6 Å². The first kappa shape index (κ1) is 44.2. The van der Waals surface area contributed by atoms with Crippen LogP contribution in [0.2, 0.25) is 0 Å². The minimum absolute atomic E-state index is 0.426. The van der Waals surface area contributed by atoms with Crippen LogP contribution < -0.4 is 0 Å². The van der Waals surface area contributed by atoms with Gasteiger partial charge in [-0.1, -0.05) is 114 Å². The molecule has 0 fully saturated rings. The van der Waals surface area contributed by atoms with Crippen LogP contribution in [-0.2, 0) is 24.7 Å². The van der Waals surface area contributed by atoms with Gasteiger partial charge in [0.1, 0.15) is 34.4 Å². The van der Waals surface area contributed by atoms with Crippen molar-refractivity contribution in [3.63, 3.8) is 0 Å². The lowest BCUT2D eigenvalue weighted by Gasteiger charge is -2.32. The van der Waals surface area contributed by atoms with Gasteiger partial charge in [0.25, 0.3) is 0 Å². The third-order valence-corrected chi connectivity index (χ3v) is 14.2. The molecule has 0 atom stereocenters.